The van der Waals surface area contributed by atoms with Gasteiger partial charge in [0.15, 0.2) is 6.29 Å². The monoisotopic (exact) mass is 555 g/mol. The number of benzene rings is 4. The fraction of sp³-hybridized carbons (Fsp3) is 0.242. The predicted molar refractivity (Wildman–Crippen MR) is 157 cm³/mol. The highest BCUT2D eigenvalue weighted by atomic mass is 32.2. The summed E-state index contributed by atoms with van der Waals surface area (Å²) in [6.07, 6.45) is -1.05. The van der Waals surface area contributed by atoms with Gasteiger partial charge >= 0.3 is 5.97 Å². The zero-order valence-corrected chi connectivity index (χ0v) is 23.1. The molecular formula is C33H33NO5S. The maximum atomic E-state index is 11.7. The third kappa shape index (κ3) is 6.14. The minimum absolute atomic E-state index is 0.00331. The molecule has 1 saturated heterocycles. The number of aliphatic hydroxyl groups excluding tert-OH is 1. The van der Waals surface area contributed by atoms with Gasteiger partial charge in [0, 0.05) is 28.7 Å². The Morgan fingerprint density at radius 2 is 1.55 bits per heavy atom. The zero-order valence-electron chi connectivity index (χ0n) is 22.3. The maximum absolute atomic E-state index is 11.7. The highest BCUT2D eigenvalue weighted by Crippen LogP contribution is 2.43. The highest BCUT2D eigenvalue weighted by Gasteiger charge is 2.38. The quantitative estimate of drug-likeness (QED) is 0.200. The Bertz CT molecular complexity index is 1440. The maximum Gasteiger partial charge on any atom is 0.336 e. The molecule has 4 N–H and O–H groups in total. The van der Waals surface area contributed by atoms with Gasteiger partial charge in [0.2, 0.25) is 0 Å². The molecule has 4 aromatic rings. The molecule has 0 saturated carbocycles. The molecule has 5 rings (SSSR count). The third-order valence-corrected chi connectivity index (χ3v) is 8.54. The normalized spacial score (nSPS) is 20.8. The van der Waals surface area contributed by atoms with Gasteiger partial charge in [0.05, 0.1) is 24.4 Å². The molecule has 6 nitrogen and oxygen atoms in total. The Balaban J connectivity index is 1.42. The van der Waals surface area contributed by atoms with Crippen molar-refractivity contribution in [1.29, 1.82) is 0 Å². The topological polar surface area (TPSA) is 102 Å². The number of aromatic carboxylic acids is 1. The van der Waals surface area contributed by atoms with Crippen LogP contribution in [-0.2, 0) is 22.6 Å². The summed E-state index contributed by atoms with van der Waals surface area (Å²) in [7, 11) is 0. The number of rotatable bonds is 9. The molecule has 0 radical (unpaired) electrons. The number of carboxylic acid groups (broad SMARTS) is 1. The van der Waals surface area contributed by atoms with Crippen molar-refractivity contribution in [3.63, 3.8) is 0 Å². The molecule has 0 amide bonds. The van der Waals surface area contributed by atoms with E-state index in [1.165, 1.54) is 11.8 Å². The first-order valence-corrected chi connectivity index (χ1v) is 14.3. The molecule has 4 aromatic carbocycles. The Morgan fingerprint density at radius 1 is 0.875 bits per heavy atom. The minimum atomic E-state index is -0.944. The van der Waals surface area contributed by atoms with Crippen LogP contribution >= 0.6 is 11.8 Å². The number of aliphatic hydroxyl groups is 1. The number of carbonyl (C=O) groups is 1. The largest absolute Gasteiger partial charge is 0.478 e. The van der Waals surface area contributed by atoms with Crippen LogP contribution in [0.4, 0.5) is 0 Å². The molecule has 40 heavy (non-hydrogen) atoms. The molecule has 1 heterocycles. The van der Waals surface area contributed by atoms with Crippen molar-refractivity contribution in [3.8, 4) is 11.1 Å². The van der Waals surface area contributed by atoms with Crippen LogP contribution in [0.15, 0.2) is 102 Å². The summed E-state index contributed by atoms with van der Waals surface area (Å²) in [4.78, 5) is 12.5. The van der Waals surface area contributed by atoms with E-state index >= 15 is 0 Å². The fourth-order valence-electron chi connectivity index (χ4n) is 5.05. The predicted octanol–water partition coefficient (Wildman–Crippen LogP) is 6.59. The first-order valence-electron chi connectivity index (χ1n) is 13.3. The molecule has 0 spiro atoms. The van der Waals surface area contributed by atoms with Crippen LogP contribution in [0.1, 0.15) is 51.9 Å². The molecule has 0 aromatic heterocycles. The van der Waals surface area contributed by atoms with Gasteiger partial charge in [0.25, 0.3) is 0 Å². The van der Waals surface area contributed by atoms with Crippen LogP contribution in [0.3, 0.4) is 0 Å². The van der Waals surface area contributed by atoms with Gasteiger partial charge in [-0.3, -0.25) is 0 Å². The lowest BCUT2D eigenvalue weighted by molar-refractivity contribution is -0.268. The Labute approximate surface area is 238 Å². The minimum Gasteiger partial charge on any atom is -0.478 e. The van der Waals surface area contributed by atoms with Crippen molar-refractivity contribution in [1.82, 2.24) is 0 Å². The van der Waals surface area contributed by atoms with E-state index in [1.807, 2.05) is 66.7 Å². The SMILES string of the molecule is C[C@H]1[C@@H](CSc2ccccc2C(=O)O)O[C@@H](c2ccc(-c3ccccc3CN)cc2)O[C@H]1c1ccc(CO)cc1. The van der Waals surface area contributed by atoms with Crippen molar-refractivity contribution in [2.24, 2.45) is 11.7 Å². The smallest absolute Gasteiger partial charge is 0.336 e. The molecule has 4 atom stereocenters. The number of thioether (sulfide) groups is 1. The van der Waals surface area contributed by atoms with E-state index < -0.39 is 12.3 Å². The van der Waals surface area contributed by atoms with E-state index in [1.54, 1.807) is 12.1 Å². The van der Waals surface area contributed by atoms with E-state index in [-0.39, 0.29) is 30.3 Å². The Kier molecular flexibility index (Phi) is 8.99. The molecule has 1 aliphatic rings. The summed E-state index contributed by atoms with van der Waals surface area (Å²) in [5.74, 6) is -0.380. The number of hydrogen-bond donors (Lipinski definition) is 3. The average molecular weight is 556 g/mol. The molecule has 1 fully saturated rings. The molecule has 1 aliphatic heterocycles. The lowest BCUT2D eigenvalue weighted by atomic mass is 9.91. The van der Waals surface area contributed by atoms with Crippen molar-refractivity contribution in [2.75, 3.05) is 5.75 Å². The second-order valence-electron chi connectivity index (χ2n) is 9.92. The summed E-state index contributed by atoms with van der Waals surface area (Å²) in [6, 6.07) is 31.1. The van der Waals surface area contributed by atoms with Crippen LogP contribution < -0.4 is 5.73 Å². The van der Waals surface area contributed by atoms with Crippen molar-refractivity contribution in [2.45, 2.75) is 43.5 Å². The van der Waals surface area contributed by atoms with Gasteiger partial charge in [-0.1, -0.05) is 91.9 Å². The van der Waals surface area contributed by atoms with Crippen LogP contribution in [0, 0.1) is 5.92 Å². The van der Waals surface area contributed by atoms with Crippen LogP contribution in [0.25, 0.3) is 11.1 Å². The molecule has 206 valence electrons. The first-order chi connectivity index (χ1) is 19.5. The van der Waals surface area contributed by atoms with Gasteiger partial charge in [-0.25, -0.2) is 4.79 Å². The summed E-state index contributed by atoms with van der Waals surface area (Å²) < 4.78 is 13.1. The number of ether oxygens (including phenoxy) is 2. The molecule has 0 bridgehead atoms. The fourth-order valence-corrected chi connectivity index (χ4v) is 6.26. The number of carboxylic acids is 1. The molecule has 0 unspecified atom stereocenters. The van der Waals surface area contributed by atoms with E-state index in [0.29, 0.717) is 17.2 Å². The van der Waals surface area contributed by atoms with Crippen LogP contribution in [0.5, 0.6) is 0 Å². The molecular weight excluding hydrogens is 522 g/mol. The van der Waals surface area contributed by atoms with Gasteiger partial charge in [-0.2, -0.15) is 0 Å². The van der Waals surface area contributed by atoms with Gasteiger partial charge in [0.1, 0.15) is 0 Å². The average Bonchev–Trinajstić information content (AvgIpc) is 3.00. The zero-order chi connectivity index (χ0) is 28.1. The molecule has 0 aliphatic carbocycles. The van der Waals surface area contributed by atoms with Gasteiger partial charge in [-0.15, -0.1) is 11.8 Å². The van der Waals surface area contributed by atoms with Crippen LogP contribution in [0.2, 0.25) is 0 Å². The summed E-state index contributed by atoms with van der Waals surface area (Å²) in [6.45, 7) is 2.54. The summed E-state index contributed by atoms with van der Waals surface area (Å²) in [5.41, 5.74) is 12.2. The lowest BCUT2D eigenvalue weighted by Crippen LogP contribution is -2.38. The van der Waals surface area contributed by atoms with Crippen molar-refractivity contribution < 1.29 is 24.5 Å². The second-order valence-corrected chi connectivity index (χ2v) is 11.0. The van der Waals surface area contributed by atoms with Gasteiger partial charge in [-0.05, 0) is 39.9 Å². The van der Waals surface area contributed by atoms with E-state index in [2.05, 4.69) is 25.1 Å². The van der Waals surface area contributed by atoms with Crippen molar-refractivity contribution in [3.05, 3.63) is 125 Å². The highest BCUT2D eigenvalue weighted by molar-refractivity contribution is 7.99. The lowest BCUT2D eigenvalue weighted by Gasteiger charge is -2.41. The standard InChI is InChI=1S/C33H33NO5S/c1-21-29(20-40-30-9-5-4-8-28(30)32(36)37)38-33(39-31(21)24-12-10-22(19-35)11-13-24)25-16-14-23(15-17-25)27-7-3-2-6-26(27)18-34/h2-17,21,29,31,33,35H,18-20,34H2,1H3,(H,36,37)/t21-,29+,31+,33+/m0/s1. The third-order valence-electron chi connectivity index (χ3n) is 7.38. The van der Waals surface area contributed by atoms with Gasteiger partial charge < -0.3 is 25.4 Å². The summed E-state index contributed by atoms with van der Waals surface area (Å²) in [5, 5.41) is 19.1. The van der Waals surface area contributed by atoms with E-state index in [9.17, 15) is 15.0 Å². The van der Waals surface area contributed by atoms with Crippen LogP contribution in [-0.4, -0.2) is 28.0 Å². The molecule has 7 heteroatoms. The first kappa shape index (κ1) is 28.1. The van der Waals surface area contributed by atoms with E-state index in [0.717, 1.165) is 33.4 Å². The summed E-state index contributed by atoms with van der Waals surface area (Å²) >= 11 is 1.48. The number of nitrogens with two attached hydrogens (primary N) is 1. The number of hydrogen-bond acceptors (Lipinski definition) is 6. The Morgan fingerprint density at radius 3 is 2.25 bits per heavy atom. The van der Waals surface area contributed by atoms with Crippen molar-refractivity contribution >= 4 is 17.7 Å². The second kappa shape index (κ2) is 12.8. The Hall–Kier alpha value is -3.46. The van der Waals surface area contributed by atoms with E-state index in [4.69, 9.17) is 15.2 Å².